The first-order chi connectivity index (χ1) is 12.1. The zero-order valence-corrected chi connectivity index (χ0v) is 15.1. The highest BCUT2D eigenvalue weighted by Crippen LogP contribution is 2.44. The van der Waals surface area contributed by atoms with Crippen LogP contribution in [0.4, 0.5) is 5.69 Å². The van der Waals surface area contributed by atoms with Gasteiger partial charge >= 0.3 is 0 Å². The van der Waals surface area contributed by atoms with E-state index in [0.717, 1.165) is 48.3 Å². The Balaban J connectivity index is 1.61. The number of hydrogen-bond acceptors (Lipinski definition) is 4. The molecule has 1 aromatic carbocycles. The van der Waals surface area contributed by atoms with Gasteiger partial charge in [0.1, 0.15) is 5.75 Å². The molecule has 4 aliphatic heterocycles. The van der Waals surface area contributed by atoms with Crippen molar-refractivity contribution in [3.05, 3.63) is 23.8 Å². The number of piperidine rings is 3. The number of ether oxygens (including phenoxy) is 1. The molecule has 6 atom stereocenters. The Bertz CT molecular complexity index is 662. The van der Waals surface area contributed by atoms with E-state index < -0.39 is 6.10 Å². The molecular weight excluding hydrogens is 316 g/mol. The standard InChI is InChI=1S/C20H28N2O3/c1-3-12-11-22-7-6-13(12)8-18(22)20(24)16-10-19(23)21-17-5-4-14(25-2)9-15(16)17/h4-5,9,12-13,16,18,20,24H,3,6-8,10-11H2,1-2H3,(H,21,23)/t12-,13-,16?,18-,20+/m0/s1. The molecule has 25 heavy (non-hydrogen) atoms. The average Bonchev–Trinajstić information content (AvgIpc) is 2.66. The van der Waals surface area contributed by atoms with Gasteiger partial charge in [0.2, 0.25) is 5.91 Å². The van der Waals surface area contributed by atoms with Crippen molar-refractivity contribution in [2.75, 3.05) is 25.5 Å². The summed E-state index contributed by atoms with van der Waals surface area (Å²) in [4.78, 5) is 14.6. The van der Waals surface area contributed by atoms with Crippen molar-refractivity contribution in [2.45, 2.75) is 50.7 Å². The molecule has 136 valence electrons. The second-order valence-corrected chi connectivity index (χ2v) is 7.82. The number of fused-ring (bicyclic) bond motifs is 4. The molecule has 0 aliphatic carbocycles. The van der Waals surface area contributed by atoms with Crippen molar-refractivity contribution in [1.29, 1.82) is 0 Å². The maximum Gasteiger partial charge on any atom is 0.225 e. The molecule has 1 aromatic rings. The highest BCUT2D eigenvalue weighted by Gasteiger charge is 2.45. The summed E-state index contributed by atoms with van der Waals surface area (Å²) in [5, 5.41) is 14.2. The fraction of sp³-hybridized carbons (Fsp3) is 0.650. The molecule has 4 heterocycles. The number of nitrogens with one attached hydrogen (secondary N) is 1. The topological polar surface area (TPSA) is 61.8 Å². The molecule has 5 rings (SSSR count). The smallest absolute Gasteiger partial charge is 0.225 e. The number of carbonyl (C=O) groups excluding carboxylic acids is 1. The zero-order chi connectivity index (χ0) is 17.6. The van der Waals surface area contributed by atoms with Gasteiger partial charge in [-0.15, -0.1) is 0 Å². The maximum atomic E-state index is 12.2. The quantitative estimate of drug-likeness (QED) is 0.881. The lowest BCUT2D eigenvalue weighted by molar-refractivity contribution is -0.118. The number of aliphatic hydroxyl groups excluding tert-OH is 1. The molecule has 3 saturated heterocycles. The predicted octanol–water partition coefficient (Wildman–Crippen LogP) is 2.60. The third-order valence-electron chi connectivity index (χ3n) is 6.60. The van der Waals surface area contributed by atoms with E-state index in [1.54, 1.807) is 7.11 Å². The third-order valence-corrected chi connectivity index (χ3v) is 6.60. The molecule has 0 saturated carbocycles. The van der Waals surface area contributed by atoms with E-state index in [0.29, 0.717) is 6.42 Å². The Morgan fingerprint density at radius 2 is 2.28 bits per heavy atom. The van der Waals surface area contributed by atoms with Crippen molar-refractivity contribution in [2.24, 2.45) is 11.8 Å². The minimum absolute atomic E-state index is 0.0101. The van der Waals surface area contributed by atoms with Crippen LogP contribution in [0.5, 0.6) is 5.75 Å². The lowest BCUT2D eigenvalue weighted by Gasteiger charge is -2.52. The Morgan fingerprint density at radius 1 is 1.44 bits per heavy atom. The van der Waals surface area contributed by atoms with Gasteiger partial charge in [-0.1, -0.05) is 13.3 Å². The molecule has 2 N–H and O–H groups in total. The van der Waals surface area contributed by atoms with Gasteiger partial charge in [0.15, 0.2) is 0 Å². The van der Waals surface area contributed by atoms with Gasteiger partial charge in [-0.05, 0) is 55.0 Å². The van der Waals surface area contributed by atoms with Gasteiger partial charge in [0.25, 0.3) is 0 Å². The number of aliphatic hydroxyl groups is 1. The molecule has 5 nitrogen and oxygen atoms in total. The number of carbonyl (C=O) groups is 1. The molecule has 1 amide bonds. The molecule has 2 bridgehead atoms. The summed E-state index contributed by atoms with van der Waals surface area (Å²) in [6.45, 7) is 4.44. The minimum Gasteiger partial charge on any atom is -0.497 e. The molecule has 0 radical (unpaired) electrons. The van der Waals surface area contributed by atoms with Gasteiger partial charge < -0.3 is 15.2 Å². The summed E-state index contributed by atoms with van der Waals surface area (Å²) in [6.07, 6.45) is 3.34. The van der Waals surface area contributed by atoms with E-state index in [1.807, 2.05) is 18.2 Å². The lowest BCUT2D eigenvalue weighted by Crippen LogP contribution is -2.58. The van der Waals surface area contributed by atoms with E-state index in [2.05, 4.69) is 17.1 Å². The summed E-state index contributed by atoms with van der Waals surface area (Å²) in [5.41, 5.74) is 1.81. The van der Waals surface area contributed by atoms with Crippen molar-refractivity contribution in [3.63, 3.8) is 0 Å². The predicted molar refractivity (Wildman–Crippen MR) is 96.9 cm³/mol. The number of rotatable bonds is 4. The summed E-state index contributed by atoms with van der Waals surface area (Å²) in [5.74, 6) is 2.08. The van der Waals surface area contributed by atoms with Gasteiger partial charge in [-0.3, -0.25) is 9.69 Å². The molecule has 2 unspecified atom stereocenters. The van der Waals surface area contributed by atoms with Crippen LogP contribution in [0, 0.1) is 11.8 Å². The van der Waals surface area contributed by atoms with Crippen LogP contribution >= 0.6 is 0 Å². The second-order valence-electron chi connectivity index (χ2n) is 7.82. The van der Waals surface area contributed by atoms with E-state index >= 15 is 0 Å². The van der Waals surface area contributed by atoms with Crippen LogP contribution in [0.15, 0.2) is 18.2 Å². The summed E-state index contributed by atoms with van der Waals surface area (Å²) >= 11 is 0. The van der Waals surface area contributed by atoms with E-state index in [1.165, 1.54) is 12.8 Å². The number of anilines is 1. The first-order valence-corrected chi connectivity index (χ1v) is 9.50. The van der Waals surface area contributed by atoms with Crippen LogP contribution in [0.1, 0.15) is 44.1 Å². The van der Waals surface area contributed by atoms with Crippen LogP contribution in [0.3, 0.4) is 0 Å². The molecule has 3 fully saturated rings. The number of amides is 1. The molecule has 0 aromatic heterocycles. The summed E-state index contributed by atoms with van der Waals surface area (Å²) in [7, 11) is 1.64. The summed E-state index contributed by atoms with van der Waals surface area (Å²) < 4.78 is 5.35. The second kappa shape index (κ2) is 6.61. The summed E-state index contributed by atoms with van der Waals surface area (Å²) in [6, 6.07) is 5.86. The largest absolute Gasteiger partial charge is 0.497 e. The van der Waals surface area contributed by atoms with Gasteiger partial charge in [-0.2, -0.15) is 0 Å². The van der Waals surface area contributed by atoms with Crippen molar-refractivity contribution >= 4 is 11.6 Å². The van der Waals surface area contributed by atoms with E-state index in [4.69, 9.17) is 4.74 Å². The Kier molecular flexibility index (Phi) is 4.46. The number of methoxy groups -OCH3 is 1. The lowest BCUT2D eigenvalue weighted by atomic mass is 9.70. The number of nitrogens with zero attached hydrogens (tertiary/aromatic N) is 1. The first kappa shape index (κ1) is 16.9. The van der Waals surface area contributed by atoms with Gasteiger partial charge in [0.05, 0.1) is 13.2 Å². The fourth-order valence-corrected chi connectivity index (χ4v) is 5.17. The van der Waals surface area contributed by atoms with Crippen LogP contribution < -0.4 is 10.1 Å². The Morgan fingerprint density at radius 3 is 2.96 bits per heavy atom. The monoisotopic (exact) mass is 344 g/mol. The van der Waals surface area contributed by atoms with Crippen LogP contribution in [0.25, 0.3) is 0 Å². The molecular formula is C20H28N2O3. The van der Waals surface area contributed by atoms with Crippen LogP contribution in [0.2, 0.25) is 0 Å². The fourth-order valence-electron chi connectivity index (χ4n) is 5.17. The van der Waals surface area contributed by atoms with E-state index in [9.17, 15) is 9.90 Å². The van der Waals surface area contributed by atoms with Crippen molar-refractivity contribution in [1.82, 2.24) is 4.90 Å². The van der Waals surface area contributed by atoms with Crippen molar-refractivity contribution < 1.29 is 14.6 Å². The average molecular weight is 344 g/mol. The molecule has 4 aliphatic rings. The van der Waals surface area contributed by atoms with Crippen LogP contribution in [-0.4, -0.2) is 48.3 Å². The number of benzene rings is 1. The highest BCUT2D eigenvalue weighted by molar-refractivity contribution is 5.95. The zero-order valence-electron chi connectivity index (χ0n) is 15.1. The first-order valence-electron chi connectivity index (χ1n) is 9.50. The molecule has 5 heteroatoms. The maximum absolute atomic E-state index is 12.2. The Labute approximate surface area is 149 Å². The third kappa shape index (κ3) is 2.93. The van der Waals surface area contributed by atoms with Crippen LogP contribution in [-0.2, 0) is 4.79 Å². The minimum atomic E-state index is -0.516. The van der Waals surface area contributed by atoms with E-state index in [-0.39, 0.29) is 17.9 Å². The Hall–Kier alpha value is -1.59. The molecule has 0 spiro atoms. The number of hydrogen-bond donors (Lipinski definition) is 2. The van der Waals surface area contributed by atoms with Crippen molar-refractivity contribution in [3.8, 4) is 5.75 Å². The van der Waals surface area contributed by atoms with Gasteiger partial charge in [0, 0.05) is 30.6 Å². The highest BCUT2D eigenvalue weighted by atomic mass is 16.5. The normalized spacial score (nSPS) is 35.0. The SMILES string of the molecule is CC[C@H]1CN2CC[C@H]1C[C@H]2[C@H](O)C1CC(=O)Nc2ccc(OC)cc21. The van der Waals surface area contributed by atoms with Gasteiger partial charge in [-0.25, -0.2) is 0 Å².